The van der Waals surface area contributed by atoms with Crippen molar-refractivity contribution < 1.29 is 8.78 Å². The SMILES string of the molecule is Cc1n[nH]c(C)c1NC(C)c1cc(F)cc(F)c1. The summed E-state index contributed by atoms with van der Waals surface area (Å²) < 4.78 is 26.3. The molecular weight excluding hydrogens is 236 g/mol. The van der Waals surface area contributed by atoms with Crippen LogP contribution in [0.15, 0.2) is 18.2 Å². The maximum absolute atomic E-state index is 13.1. The third-order valence-corrected chi connectivity index (χ3v) is 2.87. The van der Waals surface area contributed by atoms with E-state index in [9.17, 15) is 8.78 Å². The highest BCUT2D eigenvalue weighted by molar-refractivity contribution is 5.52. The largest absolute Gasteiger partial charge is 0.376 e. The number of H-pyrrole nitrogens is 1. The average Bonchev–Trinajstić information content (AvgIpc) is 2.59. The van der Waals surface area contributed by atoms with Crippen LogP contribution in [0.4, 0.5) is 14.5 Å². The monoisotopic (exact) mass is 251 g/mol. The van der Waals surface area contributed by atoms with E-state index in [0.29, 0.717) is 5.56 Å². The summed E-state index contributed by atoms with van der Waals surface area (Å²) in [6, 6.07) is 3.31. The quantitative estimate of drug-likeness (QED) is 0.876. The molecule has 0 aliphatic rings. The molecule has 1 aromatic carbocycles. The summed E-state index contributed by atoms with van der Waals surface area (Å²) in [4.78, 5) is 0. The maximum Gasteiger partial charge on any atom is 0.126 e. The van der Waals surface area contributed by atoms with Gasteiger partial charge in [0.2, 0.25) is 0 Å². The lowest BCUT2D eigenvalue weighted by Gasteiger charge is -2.16. The van der Waals surface area contributed by atoms with Crippen LogP contribution in [0.5, 0.6) is 0 Å². The van der Waals surface area contributed by atoms with Gasteiger partial charge in [0.15, 0.2) is 0 Å². The van der Waals surface area contributed by atoms with Crippen LogP contribution in [0.25, 0.3) is 0 Å². The smallest absolute Gasteiger partial charge is 0.126 e. The van der Waals surface area contributed by atoms with Crippen molar-refractivity contribution in [1.82, 2.24) is 10.2 Å². The molecule has 1 heterocycles. The van der Waals surface area contributed by atoms with Gasteiger partial charge >= 0.3 is 0 Å². The summed E-state index contributed by atoms with van der Waals surface area (Å²) in [6.07, 6.45) is 0. The van der Waals surface area contributed by atoms with Gasteiger partial charge < -0.3 is 5.32 Å². The van der Waals surface area contributed by atoms with Gasteiger partial charge in [-0.2, -0.15) is 5.10 Å². The molecule has 0 saturated carbocycles. The minimum absolute atomic E-state index is 0.204. The summed E-state index contributed by atoms with van der Waals surface area (Å²) in [5.74, 6) is -1.14. The summed E-state index contributed by atoms with van der Waals surface area (Å²) in [5.41, 5.74) is 3.16. The van der Waals surface area contributed by atoms with Gasteiger partial charge in [-0.3, -0.25) is 5.10 Å². The predicted molar refractivity (Wildman–Crippen MR) is 66.5 cm³/mol. The van der Waals surface area contributed by atoms with Gasteiger partial charge in [-0.15, -0.1) is 0 Å². The van der Waals surface area contributed by atoms with Crippen molar-refractivity contribution in [3.05, 3.63) is 46.8 Å². The number of halogens is 2. The van der Waals surface area contributed by atoms with Gasteiger partial charge in [0.1, 0.15) is 11.6 Å². The Morgan fingerprint density at radius 1 is 1.17 bits per heavy atom. The Hall–Kier alpha value is -1.91. The predicted octanol–water partition coefficient (Wildman–Crippen LogP) is 3.48. The molecule has 0 radical (unpaired) electrons. The average molecular weight is 251 g/mol. The highest BCUT2D eigenvalue weighted by Gasteiger charge is 2.12. The molecule has 0 aliphatic carbocycles. The van der Waals surface area contributed by atoms with E-state index in [1.54, 1.807) is 0 Å². The van der Waals surface area contributed by atoms with Crippen LogP contribution in [-0.4, -0.2) is 10.2 Å². The van der Waals surface area contributed by atoms with E-state index in [1.165, 1.54) is 12.1 Å². The fraction of sp³-hybridized carbons (Fsp3) is 0.308. The second-order valence-electron chi connectivity index (χ2n) is 4.38. The van der Waals surface area contributed by atoms with Gasteiger partial charge in [0.25, 0.3) is 0 Å². The second kappa shape index (κ2) is 4.76. The zero-order valence-corrected chi connectivity index (χ0v) is 10.5. The fourth-order valence-corrected chi connectivity index (χ4v) is 1.89. The molecule has 1 unspecified atom stereocenters. The standard InChI is InChI=1S/C13H15F2N3/c1-7(10-4-11(14)6-12(15)5-10)16-13-8(2)17-18-9(13)3/h4-7,16H,1-3H3,(H,17,18). The number of anilines is 1. The molecule has 2 aromatic rings. The first-order valence-electron chi connectivity index (χ1n) is 5.71. The van der Waals surface area contributed by atoms with Gasteiger partial charge in [0, 0.05) is 12.1 Å². The Morgan fingerprint density at radius 2 is 1.78 bits per heavy atom. The summed E-state index contributed by atoms with van der Waals surface area (Å²) in [5, 5.41) is 10.1. The van der Waals surface area contributed by atoms with Gasteiger partial charge in [0.05, 0.1) is 17.1 Å². The van der Waals surface area contributed by atoms with E-state index >= 15 is 0 Å². The normalized spacial score (nSPS) is 12.5. The van der Waals surface area contributed by atoms with Gasteiger partial charge in [-0.25, -0.2) is 8.78 Å². The number of nitrogens with one attached hydrogen (secondary N) is 2. The molecule has 2 N–H and O–H groups in total. The molecule has 1 aromatic heterocycles. The topological polar surface area (TPSA) is 40.7 Å². The number of hydrogen-bond donors (Lipinski definition) is 2. The number of hydrogen-bond acceptors (Lipinski definition) is 2. The lowest BCUT2D eigenvalue weighted by atomic mass is 10.1. The minimum Gasteiger partial charge on any atom is -0.376 e. The van der Waals surface area contributed by atoms with Crippen LogP contribution in [0.1, 0.15) is 29.9 Å². The van der Waals surface area contributed by atoms with Crippen molar-refractivity contribution >= 4 is 5.69 Å². The van der Waals surface area contributed by atoms with Crippen LogP contribution in [0, 0.1) is 25.5 Å². The molecule has 0 amide bonds. The van der Waals surface area contributed by atoms with E-state index in [2.05, 4.69) is 15.5 Å². The fourth-order valence-electron chi connectivity index (χ4n) is 1.89. The van der Waals surface area contributed by atoms with Gasteiger partial charge in [-0.1, -0.05) is 0 Å². The lowest BCUT2D eigenvalue weighted by Crippen LogP contribution is -2.08. The van der Waals surface area contributed by atoms with E-state index in [0.717, 1.165) is 23.1 Å². The molecule has 0 spiro atoms. The Morgan fingerprint density at radius 3 is 2.28 bits per heavy atom. The van der Waals surface area contributed by atoms with E-state index in [4.69, 9.17) is 0 Å². The number of nitrogens with zero attached hydrogens (tertiary/aromatic N) is 1. The maximum atomic E-state index is 13.1. The molecule has 0 fully saturated rings. The van der Waals surface area contributed by atoms with Crippen molar-refractivity contribution in [3.63, 3.8) is 0 Å². The number of rotatable bonds is 3. The first-order valence-corrected chi connectivity index (χ1v) is 5.71. The van der Waals surface area contributed by atoms with Crippen LogP contribution >= 0.6 is 0 Å². The summed E-state index contributed by atoms with van der Waals surface area (Å²) in [6.45, 7) is 5.60. The van der Waals surface area contributed by atoms with Crippen LogP contribution in [0.2, 0.25) is 0 Å². The molecule has 0 bridgehead atoms. The van der Waals surface area contributed by atoms with Gasteiger partial charge in [-0.05, 0) is 38.5 Å². The van der Waals surface area contributed by atoms with E-state index in [1.807, 2.05) is 20.8 Å². The first-order chi connectivity index (χ1) is 8.47. The highest BCUT2D eigenvalue weighted by atomic mass is 19.1. The first kappa shape index (κ1) is 12.5. The molecule has 96 valence electrons. The van der Waals surface area contributed by atoms with Crippen LogP contribution in [0.3, 0.4) is 0 Å². The van der Waals surface area contributed by atoms with Crippen LogP contribution < -0.4 is 5.32 Å². The molecule has 0 saturated heterocycles. The molecule has 3 nitrogen and oxygen atoms in total. The molecule has 18 heavy (non-hydrogen) atoms. The Labute approximate surface area is 104 Å². The molecule has 1 atom stereocenters. The Bertz CT molecular complexity index is 524. The number of benzene rings is 1. The number of aromatic nitrogens is 2. The highest BCUT2D eigenvalue weighted by Crippen LogP contribution is 2.24. The molecule has 5 heteroatoms. The third kappa shape index (κ3) is 2.50. The van der Waals surface area contributed by atoms with E-state index in [-0.39, 0.29) is 6.04 Å². The third-order valence-electron chi connectivity index (χ3n) is 2.87. The van der Waals surface area contributed by atoms with E-state index < -0.39 is 11.6 Å². The molecule has 0 aliphatic heterocycles. The number of aromatic amines is 1. The second-order valence-corrected chi connectivity index (χ2v) is 4.38. The summed E-state index contributed by atoms with van der Waals surface area (Å²) >= 11 is 0. The Kier molecular flexibility index (Phi) is 3.32. The molecular formula is C13H15F2N3. The van der Waals surface area contributed by atoms with Crippen molar-refractivity contribution in [3.8, 4) is 0 Å². The molecule has 2 rings (SSSR count). The van der Waals surface area contributed by atoms with Crippen molar-refractivity contribution in [1.29, 1.82) is 0 Å². The van der Waals surface area contributed by atoms with Crippen molar-refractivity contribution in [2.24, 2.45) is 0 Å². The van der Waals surface area contributed by atoms with Crippen LogP contribution in [-0.2, 0) is 0 Å². The minimum atomic E-state index is -0.570. The Balaban J connectivity index is 2.24. The summed E-state index contributed by atoms with van der Waals surface area (Å²) in [7, 11) is 0. The lowest BCUT2D eigenvalue weighted by molar-refractivity contribution is 0.577. The van der Waals surface area contributed by atoms with Crippen molar-refractivity contribution in [2.75, 3.05) is 5.32 Å². The van der Waals surface area contributed by atoms with Crippen molar-refractivity contribution in [2.45, 2.75) is 26.8 Å². The zero-order valence-electron chi connectivity index (χ0n) is 10.5. The number of aryl methyl sites for hydroxylation is 2. The zero-order chi connectivity index (χ0) is 13.3.